The largest absolute Gasteiger partial charge is 0.327 e. The Morgan fingerprint density at radius 2 is 1.77 bits per heavy atom. The molecule has 6 nitrogen and oxygen atoms in total. The van der Waals surface area contributed by atoms with Gasteiger partial charge < -0.3 is 4.90 Å². The molecule has 3 amide bonds. The maximum Gasteiger partial charge on any atom is 0.327 e. The number of rotatable bonds is 10. The summed E-state index contributed by atoms with van der Waals surface area (Å²) in [5, 5.41) is 0. The van der Waals surface area contributed by atoms with Gasteiger partial charge in [0.1, 0.15) is 5.54 Å². The number of piperidine rings is 1. The molecule has 0 bridgehead atoms. The molecule has 1 aromatic rings. The molecule has 0 aromatic carbocycles. The molecule has 2 fully saturated rings. The van der Waals surface area contributed by atoms with Crippen LogP contribution in [0.25, 0.3) is 0 Å². The molecule has 1 spiro atoms. The van der Waals surface area contributed by atoms with Crippen LogP contribution in [0.15, 0.2) is 24.5 Å². The summed E-state index contributed by atoms with van der Waals surface area (Å²) in [6, 6.07) is 4.41. The van der Waals surface area contributed by atoms with Crippen molar-refractivity contribution in [3.8, 4) is 0 Å². The highest BCUT2D eigenvalue weighted by Crippen LogP contribution is 2.38. The number of aromatic nitrogens is 1. The molecule has 172 valence electrons. The number of urea groups is 1. The Morgan fingerprint density at radius 1 is 1.10 bits per heavy atom. The van der Waals surface area contributed by atoms with Crippen LogP contribution in [0.2, 0.25) is 0 Å². The maximum absolute atomic E-state index is 13.6. The highest BCUT2D eigenvalue weighted by molar-refractivity contribution is 7.98. The van der Waals surface area contributed by atoms with Gasteiger partial charge in [0.25, 0.3) is 5.91 Å². The number of carbonyl (C=O) groups is 2. The van der Waals surface area contributed by atoms with Crippen LogP contribution in [0.4, 0.5) is 4.79 Å². The van der Waals surface area contributed by atoms with Gasteiger partial charge in [0, 0.05) is 50.4 Å². The number of amides is 3. The molecule has 0 saturated carbocycles. The van der Waals surface area contributed by atoms with Gasteiger partial charge in [-0.25, -0.2) is 4.79 Å². The third-order valence-electron chi connectivity index (χ3n) is 6.80. The number of likely N-dealkylation sites (tertiary alicyclic amines) is 1. The Morgan fingerprint density at radius 3 is 2.39 bits per heavy atom. The van der Waals surface area contributed by atoms with Crippen molar-refractivity contribution in [1.29, 1.82) is 0 Å². The van der Waals surface area contributed by atoms with Crippen LogP contribution in [0.5, 0.6) is 0 Å². The minimum Gasteiger partial charge on any atom is -0.309 e. The molecular formula is C24H38N4O2S. The number of aryl methyl sites for hydroxylation is 1. The number of imide groups is 1. The third kappa shape index (κ3) is 5.43. The second-order valence-electron chi connectivity index (χ2n) is 9.40. The average molecular weight is 447 g/mol. The number of hydrogen-bond acceptors (Lipinski definition) is 5. The molecule has 2 aliphatic heterocycles. The number of thioether (sulfide) groups is 1. The highest BCUT2D eigenvalue weighted by atomic mass is 32.2. The molecule has 0 N–H and O–H groups in total. The zero-order chi connectivity index (χ0) is 22.4. The summed E-state index contributed by atoms with van der Waals surface area (Å²) < 4.78 is 0. The monoisotopic (exact) mass is 446 g/mol. The first-order chi connectivity index (χ1) is 14.9. The van der Waals surface area contributed by atoms with Gasteiger partial charge in [-0.1, -0.05) is 13.8 Å². The Kier molecular flexibility index (Phi) is 8.39. The van der Waals surface area contributed by atoms with Crippen molar-refractivity contribution >= 4 is 23.7 Å². The molecule has 2 aliphatic rings. The minimum absolute atomic E-state index is 0.0353. The van der Waals surface area contributed by atoms with E-state index in [0.717, 1.165) is 50.9 Å². The second kappa shape index (κ2) is 10.8. The molecule has 2 saturated heterocycles. The van der Waals surface area contributed by atoms with Crippen molar-refractivity contribution in [2.75, 3.05) is 38.2 Å². The van der Waals surface area contributed by atoms with E-state index in [0.29, 0.717) is 25.0 Å². The van der Waals surface area contributed by atoms with E-state index in [1.807, 2.05) is 28.8 Å². The molecule has 3 rings (SSSR count). The van der Waals surface area contributed by atoms with E-state index in [1.165, 1.54) is 5.56 Å². The lowest BCUT2D eigenvalue weighted by Crippen LogP contribution is -2.58. The summed E-state index contributed by atoms with van der Waals surface area (Å²) in [6.07, 6.45) is 9.76. The lowest BCUT2D eigenvalue weighted by Gasteiger charge is -2.44. The molecule has 3 heterocycles. The molecule has 1 aromatic heterocycles. The van der Waals surface area contributed by atoms with Crippen molar-refractivity contribution in [3.63, 3.8) is 0 Å². The fraction of sp³-hybridized carbons (Fsp3) is 0.708. The standard InChI is InChI=1S/C24H38N4O2S/c1-19(2)9-15-28-23(30)27(14-5-6-21-7-12-25-13-8-21)22(29)24(28)10-16-26(17-11-24)20(3)18-31-4/h7-8,12-13,19-20H,5-6,9-11,14-18H2,1-4H3. The topological polar surface area (TPSA) is 56.8 Å². The first-order valence-electron chi connectivity index (χ1n) is 11.6. The third-order valence-corrected chi connectivity index (χ3v) is 7.62. The van der Waals surface area contributed by atoms with Gasteiger partial charge in [-0.15, -0.1) is 0 Å². The van der Waals surface area contributed by atoms with Crippen LogP contribution >= 0.6 is 11.8 Å². The lowest BCUT2D eigenvalue weighted by atomic mass is 9.85. The average Bonchev–Trinajstić information content (AvgIpc) is 2.94. The molecule has 7 heteroatoms. The van der Waals surface area contributed by atoms with Crippen molar-refractivity contribution in [2.45, 2.75) is 64.5 Å². The zero-order valence-corrected chi connectivity index (χ0v) is 20.4. The summed E-state index contributed by atoms with van der Waals surface area (Å²) in [4.78, 5) is 37.0. The Labute approximate surface area is 191 Å². The predicted molar refractivity (Wildman–Crippen MR) is 127 cm³/mol. The minimum atomic E-state index is -0.641. The van der Waals surface area contributed by atoms with E-state index in [2.05, 4.69) is 36.9 Å². The van der Waals surface area contributed by atoms with Crippen molar-refractivity contribution in [2.24, 2.45) is 5.92 Å². The van der Waals surface area contributed by atoms with Gasteiger partial charge >= 0.3 is 6.03 Å². The molecule has 31 heavy (non-hydrogen) atoms. The molecule has 1 atom stereocenters. The van der Waals surface area contributed by atoms with Gasteiger partial charge in [-0.3, -0.25) is 19.6 Å². The normalized spacial score (nSPS) is 20.3. The SMILES string of the molecule is CSCC(C)N1CCC2(CC1)C(=O)N(CCCc1ccncc1)C(=O)N2CCC(C)C. The maximum atomic E-state index is 13.6. The fourth-order valence-electron chi connectivity index (χ4n) is 4.83. The van der Waals surface area contributed by atoms with Crippen molar-refractivity contribution in [3.05, 3.63) is 30.1 Å². The highest BCUT2D eigenvalue weighted by Gasteiger charge is 2.57. The first kappa shape index (κ1) is 24.1. The summed E-state index contributed by atoms with van der Waals surface area (Å²) in [6.45, 7) is 9.53. The van der Waals surface area contributed by atoms with Crippen molar-refractivity contribution < 1.29 is 9.59 Å². The van der Waals surface area contributed by atoms with Crippen LogP contribution in [0.3, 0.4) is 0 Å². The van der Waals surface area contributed by atoms with Crippen LogP contribution < -0.4 is 0 Å². The van der Waals surface area contributed by atoms with E-state index < -0.39 is 5.54 Å². The summed E-state index contributed by atoms with van der Waals surface area (Å²) in [5.74, 6) is 1.63. The molecular weight excluding hydrogens is 408 g/mol. The van der Waals surface area contributed by atoms with Crippen LogP contribution in [-0.4, -0.2) is 81.4 Å². The number of carbonyl (C=O) groups excluding carboxylic acids is 2. The van der Waals surface area contributed by atoms with E-state index in [9.17, 15) is 9.59 Å². The summed E-state index contributed by atoms with van der Waals surface area (Å²) in [7, 11) is 0. The van der Waals surface area contributed by atoms with E-state index in [4.69, 9.17) is 0 Å². The Balaban J connectivity index is 1.70. The van der Waals surface area contributed by atoms with Gasteiger partial charge in [-0.05, 0) is 68.9 Å². The Hall–Kier alpha value is -1.60. The number of nitrogens with zero attached hydrogens (tertiary/aromatic N) is 4. The van der Waals surface area contributed by atoms with E-state index in [1.54, 1.807) is 17.3 Å². The van der Waals surface area contributed by atoms with Crippen molar-refractivity contribution in [1.82, 2.24) is 19.7 Å². The molecule has 0 aliphatic carbocycles. The summed E-state index contributed by atoms with van der Waals surface area (Å²) >= 11 is 1.86. The van der Waals surface area contributed by atoms with Crippen LogP contribution in [0, 0.1) is 5.92 Å². The zero-order valence-electron chi connectivity index (χ0n) is 19.5. The van der Waals surface area contributed by atoms with Gasteiger partial charge in [0.2, 0.25) is 0 Å². The van der Waals surface area contributed by atoms with Gasteiger partial charge in [-0.2, -0.15) is 11.8 Å². The smallest absolute Gasteiger partial charge is 0.309 e. The second-order valence-corrected chi connectivity index (χ2v) is 10.3. The predicted octanol–water partition coefficient (Wildman–Crippen LogP) is 3.91. The number of hydrogen-bond donors (Lipinski definition) is 0. The lowest BCUT2D eigenvalue weighted by molar-refractivity contribution is -0.136. The van der Waals surface area contributed by atoms with E-state index >= 15 is 0 Å². The fourth-order valence-corrected chi connectivity index (χ4v) is 5.53. The molecule has 0 radical (unpaired) electrons. The Bertz CT molecular complexity index is 734. The van der Waals surface area contributed by atoms with E-state index in [-0.39, 0.29) is 11.9 Å². The first-order valence-corrected chi connectivity index (χ1v) is 13.0. The van der Waals surface area contributed by atoms with Crippen LogP contribution in [0.1, 0.15) is 52.0 Å². The van der Waals surface area contributed by atoms with Crippen LogP contribution in [-0.2, 0) is 11.2 Å². The number of pyridine rings is 1. The van der Waals surface area contributed by atoms with Gasteiger partial charge in [0.05, 0.1) is 0 Å². The quantitative estimate of drug-likeness (QED) is 0.510. The molecule has 1 unspecified atom stereocenters. The summed E-state index contributed by atoms with van der Waals surface area (Å²) in [5.41, 5.74) is 0.551. The van der Waals surface area contributed by atoms with Gasteiger partial charge in [0.15, 0.2) is 0 Å².